The summed E-state index contributed by atoms with van der Waals surface area (Å²) in [5.41, 5.74) is -0.537. The summed E-state index contributed by atoms with van der Waals surface area (Å²) in [4.78, 5) is 16.0. The van der Waals surface area contributed by atoms with Crippen LogP contribution in [0.3, 0.4) is 0 Å². The smallest absolute Gasteiger partial charge is 0.443 e. The number of alkyl halides is 3. The molecule has 0 saturated carbocycles. The van der Waals surface area contributed by atoms with E-state index < -0.39 is 22.8 Å². The van der Waals surface area contributed by atoms with Gasteiger partial charge in [-0.1, -0.05) is 11.3 Å². The van der Waals surface area contributed by atoms with E-state index in [1.54, 1.807) is 4.90 Å². The van der Waals surface area contributed by atoms with Gasteiger partial charge in [-0.05, 0) is 12.8 Å². The van der Waals surface area contributed by atoms with Crippen LogP contribution >= 0.6 is 11.3 Å². The topological polar surface area (TPSA) is 62.7 Å². The van der Waals surface area contributed by atoms with Crippen molar-refractivity contribution in [3.63, 3.8) is 0 Å². The zero-order valence-corrected chi connectivity index (χ0v) is 11.4. The third-order valence-corrected chi connectivity index (χ3v) is 4.19. The highest BCUT2D eigenvalue weighted by Gasteiger charge is 2.39. The fourth-order valence-electron chi connectivity index (χ4n) is 2.24. The minimum Gasteiger partial charge on any atom is -0.476 e. The summed E-state index contributed by atoms with van der Waals surface area (Å²) >= 11 is 0.375. The summed E-state index contributed by atoms with van der Waals surface area (Å²) in [6.07, 6.45) is -3.10. The van der Waals surface area contributed by atoms with E-state index in [1.165, 1.54) is 7.11 Å². The molecule has 1 aromatic heterocycles. The molecule has 0 radical (unpaired) electrons. The predicted octanol–water partition coefficient (Wildman–Crippen LogP) is 2.48. The number of carboxylic acid groups (broad SMARTS) is 1. The number of anilines is 1. The number of hydrogen-bond acceptors (Lipinski definition) is 5. The van der Waals surface area contributed by atoms with Gasteiger partial charge in [0.15, 0.2) is 5.69 Å². The Morgan fingerprint density at radius 1 is 1.60 bits per heavy atom. The van der Waals surface area contributed by atoms with Crippen molar-refractivity contribution in [1.29, 1.82) is 0 Å². The number of aromatic nitrogens is 1. The first-order chi connectivity index (χ1) is 9.34. The second kappa shape index (κ2) is 5.57. The molecule has 0 amide bonds. The maximum absolute atomic E-state index is 12.7. The Hall–Kier alpha value is -1.35. The van der Waals surface area contributed by atoms with Gasteiger partial charge in [0.25, 0.3) is 0 Å². The molecular weight excluding hydrogens is 297 g/mol. The molecule has 2 rings (SSSR count). The summed E-state index contributed by atoms with van der Waals surface area (Å²) in [7, 11) is 1.50. The van der Waals surface area contributed by atoms with Crippen LogP contribution in [0.2, 0.25) is 0 Å². The Kier molecular flexibility index (Phi) is 4.19. The number of halogens is 3. The molecule has 1 aromatic rings. The summed E-state index contributed by atoms with van der Waals surface area (Å²) in [6, 6.07) is -0.111. The predicted molar refractivity (Wildman–Crippen MR) is 66.3 cm³/mol. The van der Waals surface area contributed by atoms with E-state index in [4.69, 9.17) is 9.84 Å². The van der Waals surface area contributed by atoms with E-state index >= 15 is 0 Å². The number of methoxy groups -OCH3 is 1. The Morgan fingerprint density at radius 2 is 2.30 bits per heavy atom. The molecule has 1 saturated heterocycles. The van der Waals surface area contributed by atoms with Crippen LogP contribution in [-0.4, -0.2) is 42.4 Å². The number of rotatable bonds is 4. The molecule has 20 heavy (non-hydrogen) atoms. The fraction of sp³-hybridized carbons (Fsp3) is 0.636. The van der Waals surface area contributed by atoms with Crippen LogP contribution in [0.15, 0.2) is 0 Å². The molecule has 1 aliphatic rings. The van der Waals surface area contributed by atoms with Gasteiger partial charge in [-0.25, -0.2) is 9.78 Å². The van der Waals surface area contributed by atoms with Gasteiger partial charge in [0.2, 0.25) is 5.01 Å². The van der Waals surface area contributed by atoms with Crippen LogP contribution in [0.4, 0.5) is 18.2 Å². The average molecular weight is 310 g/mol. The Balaban J connectivity index is 2.39. The molecule has 112 valence electrons. The zero-order chi connectivity index (χ0) is 14.9. The van der Waals surface area contributed by atoms with Crippen molar-refractivity contribution < 1.29 is 27.8 Å². The summed E-state index contributed by atoms with van der Waals surface area (Å²) in [5, 5.41) is 7.97. The Morgan fingerprint density at radius 3 is 2.85 bits per heavy atom. The second-order valence-corrected chi connectivity index (χ2v) is 5.40. The van der Waals surface area contributed by atoms with Crippen LogP contribution in [0.5, 0.6) is 0 Å². The number of aromatic carboxylic acids is 1. The molecular formula is C11H13F3N2O3S. The van der Waals surface area contributed by atoms with E-state index in [1.807, 2.05) is 0 Å². The van der Waals surface area contributed by atoms with Crippen LogP contribution in [0, 0.1) is 0 Å². The van der Waals surface area contributed by atoms with Crippen molar-refractivity contribution in [2.45, 2.75) is 25.1 Å². The van der Waals surface area contributed by atoms with Crippen molar-refractivity contribution in [2.75, 3.05) is 25.2 Å². The highest BCUT2D eigenvalue weighted by Crippen LogP contribution is 2.40. The van der Waals surface area contributed by atoms with E-state index in [9.17, 15) is 18.0 Å². The summed E-state index contributed by atoms with van der Waals surface area (Å²) in [6.45, 7) is 0.853. The lowest BCUT2D eigenvalue weighted by molar-refractivity contribution is -0.137. The van der Waals surface area contributed by atoms with Gasteiger partial charge < -0.3 is 14.7 Å². The zero-order valence-electron chi connectivity index (χ0n) is 10.6. The minimum absolute atomic E-state index is 0.0596. The standard InChI is InChI=1S/C11H13F3N2O3S/c1-19-5-6-3-2-4-16(6)8-7(9(17)18)15-10(20-8)11(12,13)14/h6H,2-5H2,1H3,(H,17,18). The molecule has 9 heteroatoms. The Bertz CT molecular complexity index is 504. The molecule has 1 fully saturated rings. The number of carbonyl (C=O) groups is 1. The van der Waals surface area contributed by atoms with Gasteiger partial charge in [0.05, 0.1) is 12.6 Å². The normalized spacial score (nSPS) is 19.6. The van der Waals surface area contributed by atoms with Gasteiger partial charge in [-0.3, -0.25) is 0 Å². The van der Waals surface area contributed by atoms with Gasteiger partial charge in [0.1, 0.15) is 5.00 Å². The van der Waals surface area contributed by atoms with Gasteiger partial charge in [-0.15, -0.1) is 0 Å². The molecule has 1 N–H and O–H groups in total. The highest BCUT2D eigenvalue weighted by atomic mass is 32.1. The number of thiazole rings is 1. The minimum atomic E-state index is -4.64. The molecule has 0 aliphatic carbocycles. The van der Waals surface area contributed by atoms with Crippen LogP contribution in [0.1, 0.15) is 28.3 Å². The van der Waals surface area contributed by atoms with E-state index in [0.29, 0.717) is 24.5 Å². The van der Waals surface area contributed by atoms with Crippen LogP contribution in [0.25, 0.3) is 0 Å². The number of ether oxygens (including phenoxy) is 1. The molecule has 5 nitrogen and oxygen atoms in total. The highest BCUT2D eigenvalue weighted by molar-refractivity contribution is 7.16. The first kappa shape index (κ1) is 15.0. The van der Waals surface area contributed by atoms with E-state index in [-0.39, 0.29) is 11.0 Å². The number of carboxylic acids is 1. The molecule has 1 unspecified atom stereocenters. The van der Waals surface area contributed by atoms with Crippen molar-refractivity contribution in [3.8, 4) is 0 Å². The number of nitrogens with zero attached hydrogens (tertiary/aromatic N) is 2. The molecule has 2 heterocycles. The van der Waals surface area contributed by atoms with Gasteiger partial charge in [0, 0.05) is 13.7 Å². The molecule has 0 aromatic carbocycles. The molecule has 1 aliphatic heterocycles. The van der Waals surface area contributed by atoms with Crippen LogP contribution < -0.4 is 4.90 Å². The Labute approximate surface area is 117 Å². The van der Waals surface area contributed by atoms with Crippen LogP contribution in [-0.2, 0) is 10.9 Å². The third-order valence-electron chi connectivity index (χ3n) is 3.05. The lowest BCUT2D eigenvalue weighted by atomic mass is 10.2. The van der Waals surface area contributed by atoms with Crippen molar-refractivity contribution in [3.05, 3.63) is 10.7 Å². The average Bonchev–Trinajstić information content (AvgIpc) is 2.93. The summed E-state index contributed by atoms with van der Waals surface area (Å²) in [5.74, 6) is -1.45. The van der Waals surface area contributed by atoms with E-state index in [0.717, 1.165) is 12.8 Å². The second-order valence-electron chi connectivity index (χ2n) is 4.42. The lowest BCUT2D eigenvalue weighted by Gasteiger charge is -2.24. The quantitative estimate of drug-likeness (QED) is 0.925. The molecule has 0 bridgehead atoms. The van der Waals surface area contributed by atoms with Crippen molar-refractivity contribution in [1.82, 2.24) is 4.98 Å². The summed E-state index contributed by atoms with van der Waals surface area (Å²) < 4.78 is 43.1. The van der Waals surface area contributed by atoms with Gasteiger partial charge in [-0.2, -0.15) is 13.2 Å². The first-order valence-corrected chi connectivity index (χ1v) is 6.73. The maximum atomic E-state index is 12.7. The SMILES string of the molecule is COCC1CCCN1c1sc(C(F)(F)F)nc1C(=O)O. The third kappa shape index (κ3) is 2.88. The number of hydrogen-bond donors (Lipinski definition) is 1. The monoisotopic (exact) mass is 310 g/mol. The molecule has 1 atom stereocenters. The van der Waals surface area contributed by atoms with Crippen molar-refractivity contribution in [2.24, 2.45) is 0 Å². The lowest BCUT2D eigenvalue weighted by Crippen LogP contribution is -2.33. The van der Waals surface area contributed by atoms with E-state index in [2.05, 4.69) is 4.98 Å². The molecule has 0 spiro atoms. The maximum Gasteiger partial charge on any atom is 0.443 e. The first-order valence-electron chi connectivity index (χ1n) is 5.91. The fourth-order valence-corrected chi connectivity index (χ4v) is 3.26. The van der Waals surface area contributed by atoms with Crippen molar-refractivity contribution >= 4 is 22.3 Å². The largest absolute Gasteiger partial charge is 0.476 e. The van der Waals surface area contributed by atoms with Gasteiger partial charge >= 0.3 is 12.1 Å².